The summed E-state index contributed by atoms with van der Waals surface area (Å²) < 4.78 is 11.0. The first kappa shape index (κ1) is 27.1. The molecule has 5 heteroatoms. The van der Waals surface area contributed by atoms with Gasteiger partial charge in [-0.2, -0.15) is 10.5 Å². The zero-order valence-electron chi connectivity index (χ0n) is 26.1. The monoisotopic (exact) mass is 624 g/mol. The summed E-state index contributed by atoms with van der Waals surface area (Å²) in [6.07, 6.45) is 0. The molecule has 0 N–H and O–H groups in total. The van der Waals surface area contributed by atoms with Crippen LogP contribution >= 0.6 is 0 Å². The van der Waals surface area contributed by atoms with Gasteiger partial charge in [-0.15, -0.1) is 0 Å². The van der Waals surface area contributed by atoms with E-state index in [2.05, 4.69) is 118 Å². The van der Waals surface area contributed by atoms with Crippen molar-refractivity contribution in [3.05, 3.63) is 157 Å². The second kappa shape index (κ2) is 10.2. The van der Waals surface area contributed by atoms with Crippen LogP contribution in [-0.2, 0) is 0 Å². The molecule has 0 saturated carbocycles. The van der Waals surface area contributed by atoms with E-state index in [9.17, 15) is 10.5 Å². The maximum Gasteiger partial charge on any atom is 0.137 e. The van der Waals surface area contributed by atoms with E-state index in [1.54, 1.807) is 0 Å². The minimum absolute atomic E-state index is 0.619. The number of hydrogen-bond acceptors (Lipinski definition) is 3. The van der Waals surface area contributed by atoms with Gasteiger partial charge in [0.2, 0.25) is 0 Å². The van der Waals surface area contributed by atoms with Gasteiger partial charge in [-0.25, -0.2) is 0 Å². The largest absolute Gasteiger partial charge is 0.456 e. The number of nitriles is 2. The Morgan fingerprint density at radius 1 is 0.388 bits per heavy atom. The van der Waals surface area contributed by atoms with Crippen molar-refractivity contribution < 1.29 is 4.42 Å². The van der Waals surface area contributed by atoms with Crippen LogP contribution in [0.15, 0.2) is 150 Å². The molecule has 0 aliphatic heterocycles. The standard InChI is InChI=1S/C44H24N4O/c45-25-27-17-19-40-33(21-27)31-11-3-7-15-39(31)47(40)37-13-5-1-9-29(37)30-10-2-6-14-38(30)48-41-20-18-28(26-46)22-34(41)35-23-36-32-12-4-8-16-43(32)49-44(36)24-42(35)48/h1-24H. The maximum atomic E-state index is 9.88. The molecule has 0 amide bonds. The van der Waals surface area contributed by atoms with Crippen LogP contribution in [0.25, 0.3) is 88.1 Å². The number of furan rings is 1. The van der Waals surface area contributed by atoms with Gasteiger partial charge in [-0.1, -0.05) is 72.8 Å². The van der Waals surface area contributed by atoms with E-state index in [1.165, 1.54) is 0 Å². The van der Waals surface area contributed by atoms with Gasteiger partial charge in [0, 0.05) is 49.5 Å². The lowest BCUT2D eigenvalue weighted by Gasteiger charge is -2.18. The van der Waals surface area contributed by atoms with Crippen LogP contribution in [-0.4, -0.2) is 9.13 Å². The van der Waals surface area contributed by atoms with Gasteiger partial charge in [0.15, 0.2) is 0 Å². The normalized spacial score (nSPS) is 11.6. The highest BCUT2D eigenvalue weighted by Gasteiger charge is 2.21. The van der Waals surface area contributed by atoms with Gasteiger partial charge in [0.1, 0.15) is 11.2 Å². The summed E-state index contributed by atoms with van der Waals surface area (Å²) in [7, 11) is 0. The van der Waals surface area contributed by atoms with Crippen LogP contribution in [0.2, 0.25) is 0 Å². The molecular weight excluding hydrogens is 601 g/mol. The lowest BCUT2D eigenvalue weighted by atomic mass is 10.0. The summed E-state index contributed by atoms with van der Waals surface area (Å²) in [6.45, 7) is 0. The number of nitrogens with zero attached hydrogens (tertiary/aromatic N) is 4. The third-order valence-electron chi connectivity index (χ3n) is 9.77. The fourth-order valence-electron chi connectivity index (χ4n) is 7.66. The van der Waals surface area contributed by atoms with Gasteiger partial charge in [0.05, 0.1) is 56.7 Å². The number of fused-ring (bicyclic) bond motifs is 9. The number of benzene rings is 7. The van der Waals surface area contributed by atoms with E-state index in [4.69, 9.17) is 4.42 Å². The van der Waals surface area contributed by atoms with Gasteiger partial charge >= 0.3 is 0 Å². The molecule has 0 spiro atoms. The van der Waals surface area contributed by atoms with Gasteiger partial charge < -0.3 is 13.6 Å². The Balaban J connectivity index is 1.29. The highest BCUT2D eigenvalue weighted by Crippen LogP contribution is 2.42. The molecule has 5 nitrogen and oxygen atoms in total. The van der Waals surface area contributed by atoms with Crippen molar-refractivity contribution >= 4 is 65.6 Å². The van der Waals surface area contributed by atoms with E-state index in [-0.39, 0.29) is 0 Å². The molecule has 10 rings (SSSR count). The van der Waals surface area contributed by atoms with Gasteiger partial charge in [-0.3, -0.25) is 0 Å². The first-order valence-electron chi connectivity index (χ1n) is 16.1. The number of para-hydroxylation sites is 4. The van der Waals surface area contributed by atoms with Crippen molar-refractivity contribution in [3.63, 3.8) is 0 Å². The van der Waals surface area contributed by atoms with Crippen molar-refractivity contribution in [3.8, 4) is 34.6 Å². The Hall–Kier alpha value is -7.08. The SMILES string of the molecule is N#Cc1ccc2c(c1)c1ccccc1n2-c1ccccc1-c1ccccc1-n1c2ccc(C#N)cc2c2cc3c(cc21)oc1ccccc13. The second-order valence-corrected chi connectivity index (χ2v) is 12.4. The van der Waals surface area contributed by atoms with E-state index in [0.29, 0.717) is 11.1 Å². The van der Waals surface area contributed by atoms with E-state index in [1.807, 2.05) is 48.5 Å². The molecule has 7 aromatic carbocycles. The summed E-state index contributed by atoms with van der Waals surface area (Å²) in [5.41, 5.74) is 11.2. The molecule has 0 unspecified atom stereocenters. The summed E-state index contributed by atoms with van der Waals surface area (Å²) in [5, 5.41) is 25.9. The Labute approximate surface area is 280 Å². The quantitative estimate of drug-likeness (QED) is 0.196. The molecule has 0 saturated heterocycles. The molecule has 10 aromatic rings. The molecule has 0 atom stereocenters. The van der Waals surface area contributed by atoms with Crippen molar-refractivity contribution in [2.24, 2.45) is 0 Å². The highest BCUT2D eigenvalue weighted by atomic mass is 16.3. The summed E-state index contributed by atoms with van der Waals surface area (Å²) in [5.74, 6) is 0. The molecule has 0 aliphatic carbocycles. The van der Waals surface area contributed by atoms with Gasteiger partial charge in [-0.05, 0) is 66.7 Å². The Kier molecular flexibility index (Phi) is 5.64. The molecule has 3 heterocycles. The topological polar surface area (TPSA) is 70.6 Å². The van der Waals surface area contributed by atoms with Crippen molar-refractivity contribution in [1.29, 1.82) is 10.5 Å². The maximum absolute atomic E-state index is 9.88. The smallest absolute Gasteiger partial charge is 0.137 e. The van der Waals surface area contributed by atoms with Crippen LogP contribution in [0.5, 0.6) is 0 Å². The van der Waals surface area contributed by atoms with Crippen LogP contribution in [0, 0.1) is 22.7 Å². The fraction of sp³-hybridized carbons (Fsp3) is 0. The first-order chi connectivity index (χ1) is 24.2. The van der Waals surface area contributed by atoms with E-state index >= 15 is 0 Å². The third kappa shape index (κ3) is 3.85. The van der Waals surface area contributed by atoms with Gasteiger partial charge in [0.25, 0.3) is 0 Å². The zero-order valence-corrected chi connectivity index (χ0v) is 26.1. The molecule has 0 bridgehead atoms. The summed E-state index contributed by atoms with van der Waals surface area (Å²) in [4.78, 5) is 0. The van der Waals surface area contributed by atoms with Crippen LogP contribution in [0.4, 0.5) is 0 Å². The Morgan fingerprint density at radius 2 is 0.898 bits per heavy atom. The van der Waals surface area contributed by atoms with E-state index in [0.717, 1.165) is 88.1 Å². The van der Waals surface area contributed by atoms with Crippen molar-refractivity contribution in [2.45, 2.75) is 0 Å². The summed E-state index contributed by atoms with van der Waals surface area (Å²) in [6, 6.07) is 54.4. The summed E-state index contributed by atoms with van der Waals surface area (Å²) >= 11 is 0. The van der Waals surface area contributed by atoms with Crippen LogP contribution in [0.3, 0.4) is 0 Å². The zero-order chi connectivity index (χ0) is 32.6. The molecule has 226 valence electrons. The Morgan fingerprint density at radius 3 is 1.57 bits per heavy atom. The number of hydrogen-bond donors (Lipinski definition) is 0. The van der Waals surface area contributed by atoms with E-state index < -0.39 is 0 Å². The van der Waals surface area contributed by atoms with Crippen LogP contribution in [0.1, 0.15) is 11.1 Å². The molecular formula is C44H24N4O. The predicted molar refractivity (Wildman–Crippen MR) is 197 cm³/mol. The molecule has 0 fully saturated rings. The number of aromatic nitrogens is 2. The molecule has 0 aliphatic rings. The van der Waals surface area contributed by atoms with Crippen LogP contribution < -0.4 is 0 Å². The Bertz CT molecular complexity index is 3090. The predicted octanol–water partition coefficient (Wildman–Crippen LogP) is 11.2. The average Bonchev–Trinajstić information content (AvgIpc) is 3.80. The minimum atomic E-state index is 0.619. The minimum Gasteiger partial charge on any atom is -0.456 e. The lowest BCUT2D eigenvalue weighted by molar-refractivity contribution is 0.669. The lowest BCUT2D eigenvalue weighted by Crippen LogP contribution is -2.01. The third-order valence-corrected chi connectivity index (χ3v) is 9.77. The second-order valence-electron chi connectivity index (χ2n) is 12.4. The highest BCUT2D eigenvalue weighted by molar-refractivity contribution is 6.18. The first-order valence-corrected chi connectivity index (χ1v) is 16.1. The average molecular weight is 625 g/mol. The molecule has 0 radical (unpaired) electrons. The van der Waals surface area contributed by atoms with Crippen molar-refractivity contribution in [2.75, 3.05) is 0 Å². The fourth-order valence-corrected chi connectivity index (χ4v) is 7.66. The molecule has 3 aromatic heterocycles. The number of rotatable bonds is 3. The van der Waals surface area contributed by atoms with Crippen molar-refractivity contribution in [1.82, 2.24) is 9.13 Å². The molecule has 49 heavy (non-hydrogen) atoms.